The zero-order valence-corrected chi connectivity index (χ0v) is 19.2. The highest BCUT2D eigenvalue weighted by molar-refractivity contribution is 7.13. The molecule has 0 aliphatic carbocycles. The SMILES string of the molecule is COc1ncnc(C(=O)C[C@@H](C)c2ncc(C(=O)Nc3cc(C(F)(F)F)c(Cl)cn3)s2)c1Cl. The smallest absolute Gasteiger partial charge is 0.418 e. The molecule has 0 saturated carbocycles. The first-order valence-electron chi connectivity index (χ1n) is 9.08. The number of nitrogens with zero attached hydrogens (tertiary/aromatic N) is 4. The molecule has 3 aromatic rings. The number of hydrogen-bond acceptors (Lipinski definition) is 8. The minimum atomic E-state index is -4.70. The summed E-state index contributed by atoms with van der Waals surface area (Å²) in [6.45, 7) is 1.72. The lowest BCUT2D eigenvalue weighted by Crippen LogP contribution is -2.13. The Morgan fingerprint density at radius 3 is 2.58 bits per heavy atom. The number of methoxy groups -OCH3 is 1. The van der Waals surface area contributed by atoms with Gasteiger partial charge in [0.2, 0.25) is 5.88 Å². The highest BCUT2D eigenvalue weighted by atomic mass is 35.5. The first-order chi connectivity index (χ1) is 15.5. The van der Waals surface area contributed by atoms with E-state index in [4.69, 9.17) is 27.9 Å². The van der Waals surface area contributed by atoms with Gasteiger partial charge in [-0.2, -0.15) is 13.2 Å². The molecular formula is C19H14Cl2F3N5O3S. The average Bonchev–Trinajstić information content (AvgIpc) is 3.25. The number of pyridine rings is 1. The maximum Gasteiger partial charge on any atom is 0.418 e. The van der Waals surface area contributed by atoms with Gasteiger partial charge < -0.3 is 10.1 Å². The van der Waals surface area contributed by atoms with Crippen molar-refractivity contribution in [3.63, 3.8) is 0 Å². The predicted octanol–water partition coefficient (Wildman–Crippen LogP) is 5.29. The van der Waals surface area contributed by atoms with E-state index < -0.39 is 28.6 Å². The van der Waals surface area contributed by atoms with Gasteiger partial charge >= 0.3 is 6.18 Å². The van der Waals surface area contributed by atoms with E-state index in [0.717, 1.165) is 23.9 Å². The van der Waals surface area contributed by atoms with Crippen molar-refractivity contribution in [2.75, 3.05) is 12.4 Å². The Hall–Kier alpha value is -2.83. The number of amides is 1. The van der Waals surface area contributed by atoms with Gasteiger partial charge in [-0.05, 0) is 6.07 Å². The van der Waals surface area contributed by atoms with E-state index in [0.29, 0.717) is 11.1 Å². The zero-order chi connectivity index (χ0) is 24.3. The topological polar surface area (TPSA) is 107 Å². The van der Waals surface area contributed by atoms with Gasteiger partial charge in [-0.3, -0.25) is 9.59 Å². The Balaban J connectivity index is 1.70. The van der Waals surface area contributed by atoms with E-state index in [2.05, 4.69) is 25.3 Å². The highest BCUT2D eigenvalue weighted by Crippen LogP contribution is 2.35. The van der Waals surface area contributed by atoms with E-state index in [1.54, 1.807) is 6.92 Å². The van der Waals surface area contributed by atoms with Crippen LogP contribution in [0.3, 0.4) is 0 Å². The third-order valence-electron chi connectivity index (χ3n) is 4.28. The molecule has 0 saturated heterocycles. The average molecular weight is 520 g/mol. The maximum absolute atomic E-state index is 13.0. The monoisotopic (exact) mass is 519 g/mol. The lowest BCUT2D eigenvalue weighted by Gasteiger charge is -2.10. The van der Waals surface area contributed by atoms with Crippen molar-refractivity contribution in [1.29, 1.82) is 0 Å². The molecule has 3 heterocycles. The number of halogens is 5. The Bertz CT molecular complexity index is 1210. The number of aromatic nitrogens is 4. The lowest BCUT2D eigenvalue weighted by atomic mass is 10.0. The first-order valence-corrected chi connectivity index (χ1v) is 10.7. The summed E-state index contributed by atoms with van der Waals surface area (Å²) in [5.41, 5.74) is -1.12. The molecular weight excluding hydrogens is 506 g/mol. The van der Waals surface area contributed by atoms with Crippen molar-refractivity contribution in [1.82, 2.24) is 19.9 Å². The molecule has 174 valence electrons. The molecule has 0 unspecified atom stereocenters. The van der Waals surface area contributed by atoms with Crippen LogP contribution >= 0.6 is 34.5 Å². The van der Waals surface area contributed by atoms with Gasteiger partial charge in [0.1, 0.15) is 27.7 Å². The molecule has 0 spiro atoms. The molecule has 0 aliphatic heterocycles. The van der Waals surface area contributed by atoms with Crippen molar-refractivity contribution in [2.24, 2.45) is 0 Å². The van der Waals surface area contributed by atoms with Crippen LogP contribution in [0, 0.1) is 0 Å². The number of Topliss-reactive ketones (excluding diaryl/α,β-unsaturated/α-hetero) is 1. The van der Waals surface area contributed by atoms with Gasteiger partial charge in [-0.1, -0.05) is 30.1 Å². The fraction of sp³-hybridized carbons (Fsp3) is 0.263. The summed E-state index contributed by atoms with van der Waals surface area (Å²) in [6, 6.07) is 0.642. The number of anilines is 1. The molecule has 0 radical (unpaired) electrons. The Labute approximate surface area is 199 Å². The fourth-order valence-corrected chi connectivity index (χ4v) is 4.03. The Morgan fingerprint density at radius 2 is 1.91 bits per heavy atom. The summed E-state index contributed by atoms with van der Waals surface area (Å²) in [5.74, 6) is -1.72. The summed E-state index contributed by atoms with van der Waals surface area (Å²) in [5, 5.41) is 2.15. The summed E-state index contributed by atoms with van der Waals surface area (Å²) in [4.78, 5) is 40.7. The van der Waals surface area contributed by atoms with Crippen molar-refractivity contribution in [2.45, 2.75) is 25.4 Å². The van der Waals surface area contributed by atoms with Gasteiger partial charge in [0.25, 0.3) is 5.91 Å². The standard InChI is InChI=1S/C19H14Cl2F3N5O3S/c1-8(3-11(30)15-14(21)17(32-2)28-7-27-15)18-26-6-12(33-18)16(31)29-13-4-9(19(22,23)24)10(20)5-25-13/h4-8H,3H2,1-2H3,(H,25,29,31)/t8-/m1/s1. The number of carbonyl (C=O) groups excluding carboxylic acids is 2. The first kappa shape index (κ1) is 24.8. The third-order valence-corrected chi connectivity index (χ3v) is 6.15. The molecule has 3 rings (SSSR count). The fourth-order valence-electron chi connectivity index (χ4n) is 2.68. The summed E-state index contributed by atoms with van der Waals surface area (Å²) in [7, 11) is 1.36. The number of thiazole rings is 1. The summed E-state index contributed by atoms with van der Waals surface area (Å²) in [6.07, 6.45) is -1.49. The number of nitrogens with one attached hydrogen (secondary N) is 1. The van der Waals surface area contributed by atoms with Crippen molar-refractivity contribution >= 4 is 52.0 Å². The van der Waals surface area contributed by atoms with Gasteiger partial charge in [-0.15, -0.1) is 11.3 Å². The number of carbonyl (C=O) groups is 2. The van der Waals surface area contributed by atoms with Crippen LogP contribution in [0.25, 0.3) is 0 Å². The quantitative estimate of drug-likeness (QED) is 0.422. The van der Waals surface area contributed by atoms with E-state index in [-0.39, 0.29) is 39.5 Å². The normalized spacial score (nSPS) is 12.3. The van der Waals surface area contributed by atoms with Crippen LogP contribution in [-0.4, -0.2) is 38.7 Å². The Morgan fingerprint density at radius 1 is 1.18 bits per heavy atom. The third kappa shape index (κ3) is 5.75. The molecule has 0 aromatic carbocycles. The maximum atomic E-state index is 13.0. The second-order valence-corrected chi connectivity index (χ2v) is 8.49. The Kier molecular flexibility index (Phi) is 7.50. The van der Waals surface area contributed by atoms with Gasteiger partial charge in [0.15, 0.2) is 5.78 Å². The van der Waals surface area contributed by atoms with Crippen LogP contribution in [0.1, 0.15) is 50.0 Å². The van der Waals surface area contributed by atoms with E-state index in [9.17, 15) is 22.8 Å². The van der Waals surface area contributed by atoms with Crippen LogP contribution in [-0.2, 0) is 6.18 Å². The van der Waals surface area contributed by atoms with Crippen molar-refractivity contribution < 1.29 is 27.5 Å². The molecule has 1 N–H and O–H groups in total. The second kappa shape index (κ2) is 9.98. The van der Waals surface area contributed by atoms with E-state index in [1.165, 1.54) is 13.3 Å². The molecule has 1 atom stereocenters. The van der Waals surface area contributed by atoms with Crippen LogP contribution < -0.4 is 10.1 Å². The number of ether oxygens (including phenoxy) is 1. The van der Waals surface area contributed by atoms with Crippen molar-refractivity contribution in [3.8, 4) is 5.88 Å². The van der Waals surface area contributed by atoms with E-state index in [1.807, 2.05) is 0 Å². The number of alkyl halides is 3. The zero-order valence-electron chi connectivity index (χ0n) is 16.9. The van der Waals surface area contributed by atoms with E-state index >= 15 is 0 Å². The highest BCUT2D eigenvalue weighted by Gasteiger charge is 2.34. The largest absolute Gasteiger partial charge is 0.480 e. The minimum Gasteiger partial charge on any atom is -0.480 e. The van der Waals surface area contributed by atoms with Crippen LogP contribution in [0.4, 0.5) is 19.0 Å². The molecule has 0 aliphatic rings. The minimum absolute atomic E-state index is 0.000768. The van der Waals surface area contributed by atoms with Crippen LogP contribution in [0.15, 0.2) is 24.8 Å². The molecule has 33 heavy (non-hydrogen) atoms. The number of rotatable bonds is 7. The molecule has 0 bridgehead atoms. The molecule has 8 nitrogen and oxygen atoms in total. The van der Waals surface area contributed by atoms with Gasteiger partial charge in [0, 0.05) is 18.5 Å². The second-order valence-electron chi connectivity index (χ2n) is 6.64. The molecule has 0 fully saturated rings. The lowest BCUT2D eigenvalue weighted by molar-refractivity contribution is -0.137. The molecule has 14 heteroatoms. The summed E-state index contributed by atoms with van der Waals surface area (Å²) < 4.78 is 43.9. The predicted molar refractivity (Wildman–Crippen MR) is 115 cm³/mol. The van der Waals surface area contributed by atoms with Crippen LogP contribution in [0.2, 0.25) is 10.0 Å². The number of ketones is 1. The van der Waals surface area contributed by atoms with Crippen molar-refractivity contribution in [3.05, 3.63) is 56.0 Å². The van der Waals surface area contributed by atoms with Gasteiger partial charge in [0.05, 0.1) is 28.9 Å². The van der Waals surface area contributed by atoms with Gasteiger partial charge in [-0.25, -0.2) is 19.9 Å². The summed E-state index contributed by atoms with van der Waals surface area (Å²) >= 11 is 12.6. The number of hydrogen-bond donors (Lipinski definition) is 1. The molecule has 1 amide bonds. The van der Waals surface area contributed by atoms with Crippen LogP contribution in [0.5, 0.6) is 5.88 Å². The molecule has 3 aromatic heterocycles.